The molecule has 0 heterocycles. The van der Waals surface area contributed by atoms with Crippen LogP contribution in [0.3, 0.4) is 0 Å². The molecule has 1 heteroatoms. The molecule has 0 spiro atoms. The molecule has 0 N–H and O–H groups in total. The Morgan fingerprint density at radius 2 is 2.33 bits per heavy atom. The summed E-state index contributed by atoms with van der Waals surface area (Å²) in [5.74, 6) is 1.95. The molecule has 3 unspecified atom stereocenters. The highest BCUT2D eigenvalue weighted by atomic mass is 16.1. The molecular formula is C8H12O. The van der Waals surface area contributed by atoms with E-state index in [-0.39, 0.29) is 5.41 Å². The normalized spacial score (nSPS) is 55.6. The summed E-state index contributed by atoms with van der Waals surface area (Å²) in [6.45, 7) is 4.31. The molecule has 0 bridgehead atoms. The van der Waals surface area contributed by atoms with E-state index < -0.39 is 0 Å². The van der Waals surface area contributed by atoms with Crippen molar-refractivity contribution in [1.82, 2.24) is 0 Å². The van der Waals surface area contributed by atoms with Gasteiger partial charge in [0.2, 0.25) is 0 Å². The third-order valence-corrected chi connectivity index (χ3v) is 3.13. The average Bonchev–Trinajstić information content (AvgIpc) is 2.38. The molecule has 0 aromatic rings. The third-order valence-electron chi connectivity index (χ3n) is 3.13. The molecule has 0 aromatic carbocycles. The van der Waals surface area contributed by atoms with Crippen LogP contribution in [0.1, 0.15) is 26.7 Å². The first kappa shape index (κ1) is 5.45. The lowest BCUT2D eigenvalue weighted by atomic mass is 10.1. The molecule has 2 rings (SSSR count). The van der Waals surface area contributed by atoms with Crippen LogP contribution in [0.5, 0.6) is 0 Å². The maximum absolute atomic E-state index is 11.1. The second-order valence-electron chi connectivity index (χ2n) is 3.83. The van der Waals surface area contributed by atoms with Gasteiger partial charge in [0, 0.05) is 11.8 Å². The molecule has 2 fully saturated rings. The maximum Gasteiger partial charge on any atom is 0.139 e. The lowest BCUT2D eigenvalue weighted by Crippen LogP contribution is -2.06. The van der Waals surface area contributed by atoms with Gasteiger partial charge < -0.3 is 0 Å². The lowest BCUT2D eigenvalue weighted by Gasteiger charge is -1.98. The molecule has 0 aliphatic heterocycles. The molecule has 0 radical (unpaired) electrons. The van der Waals surface area contributed by atoms with Gasteiger partial charge >= 0.3 is 0 Å². The number of carbonyl (C=O) groups excluding carboxylic acids is 1. The summed E-state index contributed by atoms with van der Waals surface area (Å²) in [5.41, 5.74) is 0.152. The maximum atomic E-state index is 11.1. The first-order valence-electron chi connectivity index (χ1n) is 3.68. The van der Waals surface area contributed by atoms with Crippen LogP contribution in [0, 0.1) is 17.3 Å². The summed E-state index contributed by atoms with van der Waals surface area (Å²) in [5, 5.41) is 0. The number of Topliss-reactive ketones (excluding diaryl/α,β-unsaturated/α-hetero) is 1. The molecule has 3 atom stereocenters. The fraction of sp³-hybridized carbons (Fsp3) is 0.875. The van der Waals surface area contributed by atoms with Gasteiger partial charge in [-0.05, 0) is 18.3 Å². The Morgan fingerprint density at radius 1 is 1.67 bits per heavy atom. The minimum atomic E-state index is 0.152. The molecule has 2 saturated carbocycles. The predicted molar refractivity (Wildman–Crippen MR) is 35.0 cm³/mol. The quantitative estimate of drug-likeness (QED) is 0.479. The van der Waals surface area contributed by atoms with Gasteiger partial charge in [-0.2, -0.15) is 0 Å². The number of hydrogen-bond acceptors (Lipinski definition) is 1. The van der Waals surface area contributed by atoms with Crippen LogP contribution < -0.4 is 0 Å². The zero-order chi connectivity index (χ0) is 6.65. The summed E-state index contributed by atoms with van der Waals surface area (Å²) in [4.78, 5) is 11.1. The highest BCUT2D eigenvalue weighted by Crippen LogP contribution is 2.63. The van der Waals surface area contributed by atoms with Crippen LogP contribution in [-0.4, -0.2) is 5.78 Å². The standard InChI is InChI=1S/C8H12O/c1-5-3-7(9)8(2)4-6(5)8/h5-6H,3-4H2,1-2H3. The van der Waals surface area contributed by atoms with E-state index in [1.54, 1.807) is 0 Å². The molecule has 1 nitrogen and oxygen atoms in total. The van der Waals surface area contributed by atoms with E-state index >= 15 is 0 Å². The summed E-state index contributed by atoms with van der Waals surface area (Å²) < 4.78 is 0. The van der Waals surface area contributed by atoms with E-state index in [0.717, 1.165) is 12.3 Å². The third kappa shape index (κ3) is 0.480. The smallest absolute Gasteiger partial charge is 0.139 e. The van der Waals surface area contributed by atoms with Gasteiger partial charge in [-0.3, -0.25) is 4.79 Å². The summed E-state index contributed by atoms with van der Waals surface area (Å²) >= 11 is 0. The average molecular weight is 124 g/mol. The second-order valence-corrected chi connectivity index (χ2v) is 3.83. The van der Waals surface area contributed by atoms with Crippen molar-refractivity contribution in [2.75, 3.05) is 0 Å². The number of rotatable bonds is 0. The minimum Gasteiger partial charge on any atom is -0.299 e. The summed E-state index contributed by atoms with van der Waals surface area (Å²) in [7, 11) is 0. The van der Waals surface area contributed by atoms with Crippen molar-refractivity contribution in [1.29, 1.82) is 0 Å². The molecule has 2 aliphatic carbocycles. The first-order chi connectivity index (χ1) is 4.14. The molecular weight excluding hydrogens is 112 g/mol. The lowest BCUT2D eigenvalue weighted by molar-refractivity contribution is -0.122. The molecule has 50 valence electrons. The van der Waals surface area contributed by atoms with E-state index in [1.807, 2.05) is 0 Å². The molecule has 9 heavy (non-hydrogen) atoms. The van der Waals surface area contributed by atoms with Crippen LogP contribution in [0.4, 0.5) is 0 Å². The van der Waals surface area contributed by atoms with Crippen LogP contribution in [-0.2, 0) is 4.79 Å². The predicted octanol–water partition coefficient (Wildman–Crippen LogP) is 1.62. The number of ketones is 1. The van der Waals surface area contributed by atoms with Crippen molar-refractivity contribution in [3.63, 3.8) is 0 Å². The Morgan fingerprint density at radius 3 is 2.44 bits per heavy atom. The number of fused-ring (bicyclic) bond motifs is 1. The SMILES string of the molecule is CC1CC(=O)C2(C)CC12. The fourth-order valence-corrected chi connectivity index (χ4v) is 2.22. The van der Waals surface area contributed by atoms with Crippen molar-refractivity contribution in [2.24, 2.45) is 17.3 Å². The minimum absolute atomic E-state index is 0.152. The van der Waals surface area contributed by atoms with E-state index in [9.17, 15) is 4.79 Å². The molecule has 0 saturated heterocycles. The van der Waals surface area contributed by atoms with E-state index in [0.29, 0.717) is 11.7 Å². The first-order valence-corrected chi connectivity index (χ1v) is 3.68. The number of hydrogen-bond donors (Lipinski definition) is 0. The highest BCUT2D eigenvalue weighted by Gasteiger charge is 2.62. The van der Waals surface area contributed by atoms with E-state index in [4.69, 9.17) is 0 Å². The van der Waals surface area contributed by atoms with Crippen LogP contribution in [0.15, 0.2) is 0 Å². The van der Waals surface area contributed by atoms with Crippen molar-refractivity contribution in [2.45, 2.75) is 26.7 Å². The Hall–Kier alpha value is -0.330. The zero-order valence-electron chi connectivity index (χ0n) is 5.98. The Labute approximate surface area is 55.4 Å². The van der Waals surface area contributed by atoms with Gasteiger partial charge in [0.25, 0.3) is 0 Å². The van der Waals surface area contributed by atoms with Crippen molar-refractivity contribution in [3.8, 4) is 0 Å². The van der Waals surface area contributed by atoms with Crippen LogP contribution in [0.25, 0.3) is 0 Å². The van der Waals surface area contributed by atoms with Gasteiger partial charge in [-0.15, -0.1) is 0 Å². The van der Waals surface area contributed by atoms with Crippen molar-refractivity contribution in [3.05, 3.63) is 0 Å². The fourth-order valence-electron chi connectivity index (χ4n) is 2.22. The Bertz CT molecular complexity index is 173. The summed E-state index contributed by atoms with van der Waals surface area (Å²) in [6, 6.07) is 0. The Kier molecular flexibility index (Phi) is 0.744. The van der Waals surface area contributed by atoms with Gasteiger partial charge in [-0.25, -0.2) is 0 Å². The van der Waals surface area contributed by atoms with Crippen molar-refractivity contribution < 1.29 is 4.79 Å². The van der Waals surface area contributed by atoms with Crippen molar-refractivity contribution >= 4 is 5.78 Å². The van der Waals surface area contributed by atoms with Gasteiger partial charge in [0.15, 0.2) is 0 Å². The largest absolute Gasteiger partial charge is 0.299 e. The summed E-state index contributed by atoms with van der Waals surface area (Å²) in [6.07, 6.45) is 2.02. The molecule has 2 aliphatic rings. The molecule has 0 amide bonds. The van der Waals surface area contributed by atoms with Gasteiger partial charge in [0.05, 0.1) is 0 Å². The second kappa shape index (κ2) is 1.23. The van der Waals surface area contributed by atoms with Crippen LogP contribution >= 0.6 is 0 Å². The Balaban J connectivity index is 2.28. The monoisotopic (exact) mass is 124 g/mol. The number of carbonyl (C=O) groups is 1. The molecule has 0 aromatic heterocycles. The van der Waals surface area contributed by atoms with E-state index in [1.165, 1.54) is 6.42 Å². The van der Waals surface area contributed by atoms with Crippen LogP contribution in [0.2, 0.25) is 0 Å². The zero-order valence-corrected chi connectivity index (χ0v) is 5.98. The van der Waals surface area contributed by atoms with Gasteiger partial charge in [0.1, 0.15) is 5.78 Å². The topological polar surface area (TPSA) is 17.1 Å². The van der Waals surface area contributed by atoms with E-state index in [2.05, 4.69) is 13.8 Å². The van der Waals surface area contributed by atoms with Gasteiger partial charge in [-0.1, -0.05) is 13.8 Å². The highest BCUT2D eigenvalue weighted by molar-refractivity contribution is 5.90.